The van der Waals surface area contributed by atoms with Crippen molar-refractivity contribution in [3.05, 3.63) is 23.7 Å². The predicted octanol–water partition coefficient (Wildman–Crippen LogP) is 1.45. The van der Waals surface area contributed by atoms with Gasteiger partial charge in [-0.05, 0) is 38.8 Å². The first-order valence-electron chi connectivity index (χ1n) is 8.54. The van der Waals surface area contributed by atoms with Gasteiger partial charge in [0, 0.05) is 32.2 Å². The Labute approximate surface area is 137 Å². The summed E-state index contributed by atoms with van der Waals surface area (Å²) in [6, 6.07) is 3.77. The molecule has 2 aliphatic heterocycles. The Kier molecular flexibility index (Phi) is 5.04. The molecule has 3 heterocycles. The molecule has 6 nitrogen and oxygen atoms in total. The fraction of sp³-hybridized carbons (Fsp3) is 0.706. The summed E-state index contributed by atoms with van der Waals surface area (Å²) < 4.78 is 11.3. The summed E-state index contributed by atoms with van der Waals surface area (Å²) in [5, 5.41) is 0. The van der Waals surface area contributed by atoms with Crippen molar-refractivity contribution in [2.75, 3.05) is 26.2 Å². The van der Waals surface area contributed by atoms with Gasteiger partial charge >= 0.3 is 0 Å². The van der Waals surface area contributed by atoms with Crippen molar-refractivity contribution < 1.29 is 13.9 Å². The smallest absolute Gasteiger partial charge is 0.289 e. The van der Waals surface area contributed by atoms with E-state index in [4.69, 9.17) is 14.9 Å². The maximum absolute atomic E-state index is 12.7. The number of rotatable bonds is 4. The van der Waals surface area contributed by atoms with Gasteiger partial charge in [0.05, 0.1) is 18.8 Å². The van der Waals surface area contributed by atoms with Gasteiger partial charge in [-0.3, -0.25) is 9.69 Å². The van der Waals surface area contributed by atoms with Crippen LogP contribution in [0.3, 0.4) is 0 Å². The van der Waals surface area contributed by atoms with Crippen molar-refractivity contribution in [3.8, 4) is 0 Å². The van der Waals surface area contributed by atoms with E-state index in [9.17, 15) is 4.79 Å². The topological polar surface area (TPSA) is 71.9 Å². The largest absolute Gasteiger partial charge is 0.455 e. The number of furan rings is 1. The van der Waals surface area contributed by atoms with Crippen LogP contribution in [0.2, 0.25) is 0 Å². The summed E-state index contributed by atoms with van der Waals surface area (Å²) >= 11 is 0. The van der Waals surface area contributed by atoms with Crippen molar-refractivity contribution in [1.29, 1.82) is 0 Å². The van der Waals surface area contributed by atoms with E-state index in [0.29, 0.717) is 18.1 Å². The van der Waals surface area contributed by atoms with Gasteiger partial charge in [-0.15, -0.1) is 0 Å². The number of carbonyl (C=O) groups is 1. The minimum Gasteiger partial charge on any atom is -0.455 e. The lowest BCUT2D eigenvalue weighted by molar-refractivity contribution is -0.0715. The number of amides is 1. The highest BCUT2D eigenvalue weighted by Gasteiger charge is 2.33. The molecule has 23 heavy (non-hydrogen) atoms. The first kappa shape index (κ1) is 16.5. The number of hydrogen-bond acceptors (Lipinski definition) is 5. The Hall–Kier alpha value is -1.37. The Bertz CT molecular complexity index is 535. The van der Waals surface area contributed by atoms with Crippen molar-refractivity contribution in [1.82, 2.24) is 9.80 Å². The number of likely N-dealkylation sites (tertiary alicyclic amines) is 1. The molecule has 0 aromatic carbocycles. The van der Waals surface area contributed by atoms with E-state index in [2.05, 4.69) is 18.7 Å². The monoisotopic (exact) mass is 321 g/mol. The summed E-state index contributed by atoms with van der Waals surface area (Å²) in [6.45, 7) is 8.11. The molecule has 1 aromatic rings. The standard InChI is InChI=1S/C17H27N3O3/c1-12-9-19(10-13(2)22-12)11-14-4-3-7-20(14)17(21)16-6-5-15(8-18)23-16/h5-6,12-14H,3-4,7-11,18H2,1-2H3. The summed E-state index contributed by atoms with van der Waals surface area (Å²) in [6.07, 6.45) is 2.61. The summed E-state index contributed by atoms with van der Waals surface area (Å²) in [5.74, 6) is 1.04. The molecule has 0 spiro atoms. The lowest BCUT2D eigenvalue weighted by atomic mass is 10.1. The van der Waals surface area contributed by atoms with E-state index in [0.717, 1.165) is 39.0 Å². The maximum atomic E-state index is 12.7. The van der Waals surface area contributed by atoms with Gasteiger partial charge in [0.1, 0.15) is 5.76 Å². The highest BCUT2D eigenvalue weighted by atomic mass is 16.5. The minimum absolute atomic E-state index is 0.0124. The molecule has 128 valence electrons. The van der Waals surface area contributed by atoms with Crippen LogP contribution in [0.4, 0.5) is 0 Å². The van der Waals surface area contributed by atoms with Crippen LogP contribution < -0.4 is 5.73 Å². The van der Waals surface area contributed by atoms with Crippen LogP contribution in [0.5, 0.6) is 0 Å². The third-order valence-corrected chi connectivity index (χ3v) is 4.68. The average Bonchev–Trinajstić information content (AvgIpc) is 3.14. The van der Waals surface area contributed by atoms with E-state index in [1.165, 1.54) is 0 Å². The number of nitrogens with two attached hydrogens (primary N) is 1. The molecule has 3 unspecified atom stereocenters. The Morgan fingerprint density at radius 1 is 1.30 bits per heavy atom. The second-order valence-electron chi connectivity index (χ2n) is 6.74. The van der Waals surface area contributed by atoms with E-state index in [1.807, 2.05) is 4.90 Å². The third kappa shape index (κ3) is 3.76. The molecular weight excluding hydrogens is 294 g/mol. The minimum atomic E-state index is -0.0124. The molecule has 1 aromatic heterocycles. The van der Waals surface area contributed by atoms with Crippen LogP contribution in [0, 0.1) is 0 Å². The second-order valence-corrected chi connectivity index (χ2v) is 6.74. The molecule has 6 heteroatoms. The van der Waals surface area contributed by atoms with Crippen LogP contribution >= 0.6 is 0 Å². The van der Waals surface area contributed by atoms with Gasteiger partial charge in [0.2, 0.25) is 0 Å². The first-order chi connectivity index (χ1) is 11.1. The molecule has 2 fully saturated rings. The zero-order chi connectivity index (χ0) is 16.4. The molecule has 0 bridgehead atoms. The number of morpholine rings is 1. The van der Waals surface area contributed by atoms with Gasteiger partial charge in [0.25, 0.3) is 5.91 Å². The average molecular weight is 321 g/mol. The lowest BCUT2D eigenvalue weighted by Gasteiger charge is -2.38. The molecule has 1 amide bonds. The molecule has 0 aliphatic carbocycles. The highest BCUT2D eigenvalue weighted by molar-refractivity contribution is 5.92. The Morgan fingerprint density at radius 3 is 2.70 bits per heavy atom. The van der Waals surface area contributed by atoms with E-state index >= 15 is 0 Å². The number of hydrogen-bond donors (Lipinski definition) is 1. The maximum Gasteiger partial charge on any atom is 0.289 e. The van der Waals surface area contributed by atoms with E-state index in [-0.39, 0.29) is 24.2 Å². The van der Waals surface area contributed by atoms with Crippen molar-refractivity contribution in [2.45, 2.75) is 51.5 Å². The summed E-state index contributed by atoms with van der Waals surface area (Å²) in [7, 11) is 0. The van der Waals surface area contributed by atoms with Crippen LogP contribution in [0.25, 0.3) is 0 Å². The van der Waals surface area contributed by atoms with Gasteiger partial charge < -0.3 is 19.8 Å². The Balaban J connectivity index is 1.64. The van der Waals surface area contributed by atoms with Crippen LogP contribution in [-0.4, -0.2) is 60.1 Å². The quantitative estimate of drug-likeness (QED) is 0.909. The van der Waals surface area contributed by atoms with Crippen LogP contribution in [0.15, 0.2) is 16.5 Å². The van der Waals surface area contributed by atoms with Gasteiger partial charge in [0.15, 0.2) is 5.76 Å². The predicted molar refractivity (Wildman–Crippen MR) is 87.1 cm³/mol. The fourth-order valence-electron chi connectivity index (χ4n) is 3.77. The zero-order valence-corrected chi connectivity index (χ0v) is 14.0. The van der Waals surface area contributed by atoms with E-state index < -0.39 is 0 Å². The van der Waals surface area contributed by atoms with E-state index in [1.54, 1.807) is 12.1 Å². The fourth-order valence-corrected chi connectivity index (χ4v) is 3.77. The van der Waals surface area contributed by atoms with Crippen LogP contribution in [-0.2, 0) is 11.3 Å². The molecular formula is C17H27N3O3. The summed E-state index contributed by atoms with van der Waals surface area (Å²) in [5.41, 5.74) is 5.56. The molecule has 2 saturated heterocycles. The van der Waals surface area contributed by atoms with Gasteiger partial charge in [-0.1, -0.05) is 0 Å². The number of ether oxygens (including phenoxy) is 1. The first-order valence-corrected chi connectivity index (χ1v) is 8.54. The van der Waals surface area contributed by atoms with Crippen molar-refractivity contribution in [3.63, 3.8) is 0 Å². The van der Waals surface area contributed by atoms with Crippen molar-refractivity contribution in [2.24, 2.45) is 5.73 Å². The normalized spacial score (nSPS) is 29.2. The zero-order valence-electron chi connectivity index (χ0n) is 14.0. The SMILES string of the molecule is CC1CN(CC2CCCN2C(=O)c2ccc(CN)o2)CC(C)O1. The molecule has 3 rings (SSSR count). The van der Waals surface area contributed by atoms with Gasteiger partial charge in [-0.2, -0.15) is 0 Å². The molecule has 3 atom stereocenters. The highest BCUT2D eigenvalue weighted by Crippen LogP contribution is 2.23. The lowest BCUT2D eigenvalue weighted by Crippen LogP contribution is -2.50. The number of nitrogens with zero attached hydrogens (tertiary/aromatic N) is 2. The van der Waals surface area contributed by atoms with Gasteiger partial charge in [-0.25, -0.2) is 0 Å². The molecule has 2 N–H and O–H groups in total. The Morgan fingerprint density at radius 2 is 2.04 bits per heavy atom. The second kappa shape index (κ2) is 7.03. The third-order valence-electron chi connectivity index (χ3n) is 4.68. The summed E-state index contributed by atoms with van der Waals surface area (Å²) in [4.78, 5) is 17.1. The van der Waals surface area contributed by atoms with Crippen molar-refractivity contribution >= 4 is 5.91 Å². The molecule has 0 radical (unpaired) electrons. The molecule has 0 saturated carbocycles. The molecule has 2 aliphatic rings. The number of carbonyl (C=O) groups excluding carboxylic acids is 1. The van der Waals surface area contributed by atoms with Crippen LogP contribution in [0.1, 0.15) is 43.0 Å².